The molecule has 8 nitrogen and oxygen atoms in total. The molecule has 1 fully saturated rings. The number of benzene rings is 1. The van der Waals surface area contributed by atoms with Crippen LogP contribution >= 0.6 is 24.0 Å². The van der Waals surface area contributed by atoms with E-state index < -0.39 is 0 Å². The Kier molecular flexibility index (Phi) is 10.3. The smallest absolute Gasteiger partial charge is 0.192 e. The zero-order valence-electron chi connectivity index (χ0n) is 18.6. The number of nitrogens with zero attached hydrogens (tertiary/aromatic N) is 4. The van der Waals surface area contributed by atoms with E-state index >= 15 is 0 Å². The highest BCUT2D eigenvalue weighted by Gasteiger charge is 2.17. The zero-order chi connectivity index (χ0) is 21.3. The Labute approximate surface area is 201 Å². The molecular formula is C22H33IN6O2. The number of nitrogens with one attached hydrogen (secondary N) is 2. The number of hydrogen-bond acceptors (Lipinski definition) is 5. The summed E-state index contributed by atoms with van der Waals surface area (Å²) >= 11 is 0. The molecule has 1 aromatic heterocycles. The maximum Gasteiger partial charge on any atom is 0.192 e. The van der Waals surface area contributed by atoms with E-state index in [9.17, 15) is 0 Å². The first kappa shape index (κ1) is 25.1. The normalized spacial score (nSPS) is 16.0. The summed E-state index contributed by atoms with van der Waals surface area (Å²) in [6, 6.07) is 6.24. The molecule has 1 unspecified atom stereocenters. The molecule has 1 aliphatic rings. The van der Waals surface area contributed by atoms with Gasteiger partial charge in [0.15, 0.2) is 11.8 Å². The van der Waals surface area contributed by atoms with Crippen molar-refractivity contribution in [2.45, 2.75) is 33.4 Å². The van der Waals surface area contributed by atoms with Gasteiger partial charge in [-0.05, 0) is 31.9 Å². The van der Waals surface area contributed by atoms with E-state index in [-0.39, 0.29) is 24.0 Å². The summed E-state index contributed by atoms with van der Waals surface area (Å²) in [5.74, 6) is 3.75. The second-order valence-electron chi connectivity index (χ2n) is 7.56. The molecule has 0 amide bonds. The van der Waals surface area contributed by atoms with Crippen molar-refractivity contribution in [1.29, 1.82) is 0 Å². The van der Waals surface area contributed by atoms with Crippen LogP contribution in [0.25, 0.3) is 0 Å². The monoisotopic (exact) mass is 540 g/mol. The molecule has 170 valence electrons. The molecule has 2 aromatic rings. The second-order valence-corrected chi connectivity index (χ2v) is 7.56. The lowest BCUT2D eigenvalue weighted by Gasteiger charge is -2.15. The molecule has 1 aliphatic heterocycles. The molecule has 0 aliphatic carbocycles. The van der Waals surface area contributed by atoms with E-state index in [1.165, 1.54) is 5.56 Å². The van der Waals surface area contributed by atoms with Crippen molar-refractivity contribution in [3.05, 3.63) is 53.6 Å². The van der Waals surface area contributed by atoms with Crippen LogP contribution in [0.1, 0.15) is 29.2 Å². The van der Waals surface area contributed by atoms with Crippen LogP contribution in [0, 0.1) is 19.8 Å². The van der Waals surface area contributed by atoms with Crippen molar-refractivity contribution in [2.24, 2.45) is 18.0 Å². The molecule has 1 aromatic carbocycles. The Bertz CT molecular complexity index is 877. The van der Waals surface area contributed by atoms with Gasteiger partial charge in [0.2, 0.25) is 0 Å². The third-order valence-electron chi connectivity index (χ3n) is 5.14. The van der Waals surface area contributed by atoms with Crippen LogP contribution in [-0.4, -0.2) is 47.1 Å². The van der Waals surface area contributed by atoms with Gasteiger partial charge in [-0.3, -0.25) is 0 Å². The van der Waals surface area contributed by atoms with Crippen molar-refractivity contribution in [3.8, 4) is 5.75 Å². The zero-order valence-corrected chi connectivity index (χ0v) is 20.9. The molecule has 2 heterocycles. The summed E-state index contributed by atoms with van der Waals surface area (Å²) in [4.78, 5) is 4.74. The molecule has 0 bridgehead atoms. The number of hydrogen-bond donors (Lipinski definition) is 2. The Hall–Kier alpha value is -2.14. The van der Waals surface area contributed by atoms with Gasteiger partial charge >= 0.3 is 0 Å². The second kappa shape index (κ2) is 12.7. The number of halogens is 1. The van der Waals surface area contributed by atoms with Gasteiger partial charge in [-0.15, -0.1) is 40.8 Å². The Morgan fingerprint density at radius 2 is 2.19 bits per heavy atom. The van der Waals surface area contributed by atoms with E-state index in [1.807, 2.05) is 18.5 Å². The van der Waals surface area contributed by atoms with E-state index in [4.69, 9.17) is 14.5 Å². The largest absolute Gasteiger partial charge is 0.493 e. The van der Waals surface area contributed by atoms with E-state index in [0.29, 0.717) is 38.1 Å². The van der Waals surface area contributed by atoms with Crippen LogP contribution in [0.5, 0.6) is 5.75 Å². The Morgan fingerprint density at radius 1 is 1.35 bits per heavy atom. The van der Waals surface area contributed by atoms with E-state index in [0.717, 1.165) is 42.6 Å². The fourth-order valence-corrected chi connectivity index (χ4v) is 3.12. The fourth-order valence-electron chi connectivity index (χ4n) is 3.12. The number of guanidine groups is 1. The minimum absolute atomic E-state index is 0. The first-order valence-electron chi connectivity index (χ1n) is 10.3. The number of ether oxygens (including phenoxy) is 2. The molecule has 3 rings (SSSR count). The van der Waals surface area contributed by atoms with Crippen LogP contribution in [0.15, 0.2) is 35.8 Å². The van der Waals surface area contributed by atoms with Gasteiger partial charge in [0.1, 0.15) is 11.6 Å². The number of aryl methyl sites for hydroxylation is 2. The van der Waals surface area contributed by atoms with E-state index in [2.05, 4.69) is 52.5 Å². The summed E-state index contributed by atoms with van der Waals surface area (Å²) in [6.07, 6.45) is 2.86. The first-order valence-corrected chi connectivity index (χ1v) is 10.3. The molecule has 31 heavy (non-hydrogen) atoms. The van der Waals surface area contributed by atoms with Gasteiger partial charge in [0.25, 0.3) is 0 Å². The summed E-state index contributed by atoms with van der Waals surface area (Å²) in [5.41, 5.74) is 2.22. The van der Waals surface area contributed by atoms with Crippen molar-refractivity contribution >= 4 is 29.9 Å². The van der Waals surface area contributed by atoms with Crippen molar-refractivity contribution < 1.29 is 9.47 Å². The minimum Gasteiger partial charge on any atom is -0.493 e. The highest BCUT2D eigenvalue weighted by Crippen LogP contribution is 2.23. The van der Waals surface area contributed by atoms with Gasteiger partial charge < -0.3 is 24.7 Å². The van der Waals surface area contributed by atoms with E-state index in [1.54, 1.807) is 6.08 Å². The highest BCUT2D eigenvalue weighted by atomic mass is 127. The standard InChI is InChI=1S/C22H32N6O2.HI/c1-5-9-23-22(25-13-21-27-26-17(3)28(21)4)24-12-19-7-6-16(2)11-20(19)30-15-18-8-10-29-14-18;/h5-7,11,18H,1,8-10,12-15H2,2-4H3,(H2,23,24,25);1H. The summed E-state index contributed by atoms with van der Waals surface area (Å²) < 4.78 is 13.5. The lowest BCUT2D eigenvalue weighted by molar-refractivity contribution is 0.166. The van der Waals surface area contributed by atoms with Crippen molar-refractivity contribution in [1.82, 2.24) is 25.4 Å². The van der Waals surface area contributed by atoms with Crippen molar-refractivity contribution in [3.63, 3.8) is 0 Å². The molecule has 2 N–H and O–H groups in total. The van der Waals surface area contributed by atoms with Gasteiger partial charge in [-0.25, -0.2) is 4.99 Å². The quantitative estimate of drug-likeness (QED) is 0.220. The topological polar surface area (TPSA) is 85.6 Å². The summed E-state index contributed by atoms with van der Waals surface area (Å²) in [5, 5.41) is 14.8. The van der Waals surface area contributed by atoms with Crippen LogP contribution in [0.3, 0.4) is 0 Å². The first-order chi connectivity index (χ1) is 14.6. The number of rotatable bonds is 9. The maximum absolute atomic E-state index is 6.14. The maximum atomic E-state index is 6.14. The SMILES string of the molecule is C=CCNC(=NCc1ccc(C)cc1OCC1CCOC1)NCc1nnc(C)n1C.I. The summed E-state index contributed by atoms with van der Waals surface area (Å²) in [6.45, 7) is 11.7. The molecule has 0 spiro atoms. The van der Waals surface area contributed by atoms with Crippen molar-refractivity contribution in [2.75, 3.05) is 26.4 Å². The third-order valence-corrected chi connectivity index (χ3v) is 5.14. The summed E-state index contributed by atoms with van der Waals surface area (Å²) in [7, 11) is 1.95. The Morgan fingerprint density at radius 3 is 2.87 bits per heavy atom. The molecule has 0 saturated carbocycles. The van der Waals surface area contributed by atoms with Crippen LogP contribution in [0.4, 0.5) is 0 Å². The predicted octanol–water partition coefficient (Wildman–Crippen LogP) is 2.89. The fraction of sp³-hybridized carbons (Fsp3) is 0.500. The molecule has 9 heteroatoms. The molecular weight excluding hydrogens is 507 g/mol. The number of aromatic nitrogens is 3. The molecule has 1 saturated heterocycles. The molecule has 0 radical (unpaired) electrons. The average molecular weight is 540 g/mol. The number of aliphatic imine (C=N–C) groups is 1. The third kappa shape index (κ3) is 7.49. The van der Waals surface area contributed by atoms with Crippen LogP contribution in [-0.2, 0) is 24.9 Å². The highest BCUT2D eigenvalue weighted by molar-refractivity contribution is 14.0. The average Bonchev–Trinajstić information content (AvgIpc) is 3.37. The minimum atomic E-state index is 0. The Balaban J connectivity index is 0.00000341. The molecule has 1 atom stereocenters. The van der Waals surface area contributed by atoms with Gasteiger partial charge in [-0.2, -0.15) is 0 Å². The lowest BCUT2D eigenvalue weighted by Crippen LogP contribution is -2.37. The lowest BCUT2D eigenvalue weighted by atomic mass is 10.1. The van der Waals surface area contributed by atoms with Gasteiger partial charge in [-0.1, -0.05) is 18.2 Å². The van der Waals surface area contributed by atoms with Crippen LogP contribution in [0.2, 0.25) is 0 Å². The van der Waals surface area contributed by atoms with Crippen LogP contribution < -0.4 is 15.4 Å². The van der Waals surface area contributed by atoms with Gasteiger partial charge in [0.05, 0.1) is 26.3 Å². The predicted molar refractivity (Wildman–Crippen MR) is 133 cm³/mol. The van der Waals surface area contributed by atoms with Gasteiger partial charge in [0, 0.05) is 31.7 Å².